The highest BCUT2D eigenvalue weighted by Crippen LogP contribution is 2.33. The number of halogens is 1. The molecule has 0 bridgehead atoms. The summed E-state index contributed by atoms with van der Waals surface area (Å²) < 4.78 is 17.4. The van der Waals surface area contributed by atoms with Crippen molar-refractivity contribution in [1.82, 2.24) is 10.6 Å². The number of methoxy groups -OCH3 is 1. The Kier molecular flexibility index (Phi) is 10.9. The number of guanidine groups is 1. The van der Waals surface area contributed by atoms with E-state index < -0.39 is 0 Å². The molecule has 2 N–H and O–H groups in total. The molecule has 2 aliphatic rings. The van der Waals surface area contributed by atoms with Crippen molar-refractivity contribution >= 4 is 29.9 Å². The predicted octanol–water partition coefficient (Wildman–Crippen LogP) is 3.20. The Hall–Kier alpha value is -0.120. The number of aliphatic imine (C=N–C) groups is 1. The third-order valence-electron chi connectivity index (χ3n) is 5.54. The minimum atomic E-state index is -0.192. The van der Waals surface area contributed by atoms with E-state index in [0.717, 1.165) is 58.1 Å². The van der Waals surface area contributed by atoms with Crippen LogP contribution in [0.5, 0.6) is 0 Å². The quantitative estimate of drug-likeness (QED) is 0.335. The van der Waals surface area contributed by atoms with Gasteiger partial charge in [-0.15, -0.1) is 24.0 Å². The maximum atomic E-state index is 6.10. The highest BCUT2D eigenvalue weighted by atomic mass is 127. The van der Waals surface area contributed by atoms with Crippen molar-refractivity contribution in [2.75, 3.05) is 46.6 Å². The molecular formula is C20H40IN3O3. The van der Waals surface area contributed by atoms with Crippen LogP contribution in [0.1, 0.15) is 53.4 Å². The Morgan fingerprint density at radius 1 is 1.19 bits per heavy atom. The molecule has 6 nitrogen and oxygen atoms in total. The zero-order valence-corrected chi connectivity index (χ0v) is 20.1. The van der Waals surface area contributed by atoms with E-state index in [2.05, 4.69) is 38.3 Å². The van der Waals surface area contributed by atoms with Crippen LogP contribution in [-0.4, -0.2) is 64.2 Å². The van der Waals surface area contributed by atoms with Crippen LogP contribution < -0.4 is 10.6 Å². The van der Waals surface area contributed by atoms with E-state index in [1.807, 2.05) is 0 Å². The summed E-state index contributed by atoms with van der Waals surface area (Å²) in [7, 11) is 1.79. The molecule has 2 atom stereocenters. The van der Waals surface area contributed by atoms with Crippen molar-refractivity contribution in [3.63, 3.8) is 0 Å². The first kappa shape index (κ1) is 24.9. The number of nitrogens with zero attached hydrogens (tertiary/aromatic N) is 1. The third kappa shape index (κ3) is 7.66. The number of nitrogens with one attached hydrogen (secondary N) is 2. The Labute approximate surface area is 182 Å². The lowest BCUT2D eigenvalue weighted by Gasteiger charge is -2.40. The van der Waals surface area contributed by atoms with Crippen molar-refractivity contribution in [3.8, 4) is 0 Å². The summed E-state index contributed by atoms with van der Waals surface area (Å²) in [5.41, 5.74) is -0.0348. The molecule has 2 saturated heterocycles. The molecule has 0 amide bonds. The van der Waals surface area contributed by atoms with Gasteiger partial charge in [0, 0.05) is 58.8 Å². The summed E-state index contributed by atoms with van der Waals surface area (Å²) >= 11 is 0. The van der Waals surface area contributed by atoms with E-state index in [1.54, 1.807) is 7.11 Å². The molecule has 2 fully saturated rings. The van der Waals surface area contributed by atoms with E-state index >= 15 is 0 Å². The first-order valence-electron chi connectivity index (χ1n) is 10.2. The van der Waals surface area contributed by atoms with E-state index in [1.165, 1.54) is 6.42 Å². The smallest absolute Gasteiger partial charge is 0.191 e. The van der Waals surface area contributed by atoms with Gasteiger partial charge in [-0.2, -0.15) is 0 Å². The zero-order chi connectivity index (χ0) is 19.0. The van der Waals surface area contributed by atoms with Crippen molar-refractivity contribution < 1.29 is 14.2 Å². The van der Waals surface area contributed by atoms with Gasteiger partial charge in [0.25, 0.3) is 0 Å². The van der Waals surface area contributed by atoms with Crippen LogP contribution in [0, 0.1) is 11.3 Å². The third-order valence-corrected chi connectivity index (χ3v) is 5.54. The molecule has 2 heterocycles. The van der Waals surface area contributed by atoms with Crippen molar-refractivity contribution in [1.29, 1.82) is 0 Å². The topological polar surface area (TPSA) is 64.1 Å². The molecule has 2 unspecified atom stereocenters. The second-order valence-corrected chi connectivity index (χ2v) is 8.64. The zero-order valence-electron chi connectivity index (χ0n) is 17.8. The van der Waals surface area contributed by atoms with Crippen molar-refractivity contribution in [2.45, 2.75) is 65.1 Å². The Morgan fingerprint density at radius 2 is 1.89 bits per heavy atom. The number of ether oxygens (including phenoxy) is 3. The summed E-state index contributed by atoms with van der Waals surface area (Å²) in [5, 5.41) is 6.91. The van der Waals surface area contributed by atoms with Crippen LogP contribution in [0.25, 0.3) is 0 Å². The predicted molar refractivity (Wildman–Crippen MR) is 121 cm³/mol. The second kappa shape index (κ2) is 11.8. The normalized spacial score (nSPS) is 26.2. The molecule has 0 radical (unpaired) electrons. The molecule has 2 aliphatic heterocycles. The van der Waals surface area contributed by atoms with Crippen molar-refractivity contribution in [3.05, 3.63) is 0 Å². The van der Waals surface area contributed by atoms with E-state index in [-0.39, 0.29) is 41.1 Å². The minimum absolute atomic E-state index is 0. The van der Waals surface area contributed by atoms with Crippen LogP contribution in [0.4, 0.5) is 0 Å². The highest BCUT2D eigenvalue weighted by Gasteiger charge is 2.35. The molecular weight excluding hydrogens is 457 g/mol. The van der Waals surface area contributed by atoms with E-state index in [4.69, 9.17) is 19.2 Å². The molecule has 0 aromatic rings. The van der Waals surface area contributed by atoms with Gasteiger partial charge in [0.1, 0.15) is 0 Å². The first-order valence-corrected chi connectivity index (χ1v) is 10.2. The van der Waals surface area contributed by atoms with Gasteiger partial charge in [-0.1, -0.05) is 20.8 Å². The van der Waals surface area contributed by atoms with Crippen LogP contribution in [0.15, 0.2) is 4.99 Å². The second-order valence-electron chi connectivity index (χ2n) is 8.64. The fourth-order valence-electron chi connectivity index (χ4n) is 3.97. The highest BCUT2D eigenvalue weighted by molar-refractivity contribution is 14.0. The summed E-state index contributed by atoms with van der Waals surface area (Å²) in [6.07, 6.45) is 4.42. The maximum Gasteiger partial charge on any atom is 0.191 e. The lowest BCUT2D eigenvalue weighted by atomic mass is 9.78. The lowest BCUT2D eigenvalue weighted by molar-refractivity contribution is -0.0840. The van der Waals surface area contributed by atoms with Crippen LogP contribution in [0.3, 0.4) is 0 Å². The van der Waals surface area contributed by atoms with Crippen LogP contribution >= 0.6 is 24.0 Å². The fraction of sp³-hybridized carbons (Fsp3) is 0.950. The standard InChI is InChI=1S/C20H39N3O3.HI/c1-6-21-18(23-15-20(24-5)9-12-25-13-10-20)22-14-16-8-7-11-26-17(16)19(2,3)4;/h16-17H,6-15H2,1-5H3,(H2,21,22,23);1H. The van der Waals surface area contributed by atoms with Gasteiger partial charge in [-0.05, 0) is 25.2 Å². The summed E-state index contributed by atoms with van der Waals surface area (Å²) in [6.45, 7) is 13.7. The SMILES string of the molecule is CCNC(=NCC1(OC)CCOCC1)NCC1CCCOC1C(C)(C)C.I. The van der Waals surface area contributed by atoms with Gasteiger partial charge in [0.2, 0.25) is 0 Å². The van der Waals surface area contributed by atoms with Gasteiger partial charge in [0.05, 0.1) is 18.2 Å². The monoisotopic (exact) mass is 497 g/mol. The largest absolute Gasteiger partial charge is 0.381 e. The van der Waals surface area contributed by atoms with Gasteiger partial charge in [-0.25, -0.2) is 0 Å². The maximum absolute atomic E-state index is 6.10. The van der Waals surface area contributed by atoms with E-state index in [0.29, 0.717) is 12.5 Å². The van der Waals surface area contributed by atoms with Gasteiger partial charge in [-0.3, -0.25) is 4.99 Å². The van der Waals surface area contributed by atoms with Gasteiger partial charge in [0.15, 0.2) is 5.96 Å². The lowest BCUT2D eigenvalue weighted by Crippen LogP contribution is -2.48. The number of hydrogen-bond acceptors (Lipinski definition) is 4. The average Bonchev–Trinajstić information content (AvgIpc) is 2.64. The molecule has 0 saturated carbocycles. The number of rotatable bonds is 6. The average molecular weight is 497 g/mol. The van der Waals surface area contributed by atoms with E-state index in [9.17, 15) is 0 Å². The molecule has 0 spiro atoms. The Morgan fingerprint density at radius 3 is 2.48 bits per heavy atom. The molecule has 0 aromatic heterocycles. The molecule has 27 heavy (non-hydrogen) atoms. The molecule has 160 valence electrons. The summed E-state index contributed by atoms with van der Waals surface area (Å²) in [4.78, 5) is 4.82. The molecule has 2 rings (SSSR count). The Balaban J connectivity index is 0.00000364. The van der Waals surface area contributed by atoms with Gasteiger partial charge >= 0.3 is 0 Å². The van der Waals surface area contributed by atoms with Crippen LogP contribution in [-0.2, 0) is 14.2 Å². The summed E-state index contributed by atoms with van der Waals surface area (Å²) in [6, 6.07) is 0. The number of hydrogen-bond donors (Lipinski definition) is 2. The Bertz CT molecular complexity index is 448. The minimum Gasteiger partial charge on any atom is -0.381 e. The van der Waals surface area contributed by atoms with Crippen LogP contribution in [0.2, 0.25) is 0 Å². The summed E-state index contributed by atoms with van der Waals surface area (Å²) in [5.74, 6) is 1.38. The first-order chi connectivity index (χ1) is 12.4. The van der Waals surface area contributed by atoms with Gasteiger partial charge < -0.3 is 24.8 Å². The molecule has 0 aromatic carbocycles. The molecule has 0 aliphatic carbocycles. The fourth-order valence-corrected chi connectivity index (χ4v) is 3.97. The van der Waals surface area contributed by atoms with Crippen molar-refractivity contribution in [2.24, 2.45) is 16.3 Å². The molecule has 7 heteroatoms.